The summed E-state index contributed by atoms with van der Waals surface area (Å²) in [5, 5.41) is 3.76. The molecule has 0 fully saturated rings. The highest BCUT2D eigenvalue weighted by molar-refractivity contribution is 5.79. The van der Waals surface area contributed by atoms with E-state index in [1.165, 1.54) is 0 Å². The Hall–Kier alpha value is -2.11. The monoisotopic (exact) mass is 232 g/mol. The molecule has 17 heavy (non-hydrogen) atoms. The third-order valence-electron chi connectivity index (χ3n) is 2.14. The zero-order valence-corrected chi connectivity index (χ0v) is 9.46. The molecule has 6 nitrogen and oxygen atoms in total. The van der Waals surface area contributed by atoms with Gasteiger partial charge in [0.25, 0.3) is 0 Å². The number of ketones is 1. The molecule has 0 saturated carbocycles. The third-order valence-corrected chi connectivity index (χ3v) is 2.14. The van der Waals surface area contributed by atoms with E-state index in [0.29, 0.717) is 23.8 Å². The highest BCUT2D eigenvalue weighted by Crippen LogP contribution is 2.11. The summed E-state index contributed by atoms with van der Waals surface area (Å²) < 4.78 is 4.99. The number of aromatic nitrogens is 4. The van der Waals surface area contributed by atoms with E-state index in [1.807, 2.05) is 6.92 Å². The van der Waals surface area contributed by atoms with Crippen LogP contribution in [-0.4, -0.2) is 25.9 Å². The first kappa shape index (κ1) is 11.4. The van der Waals surface area contributed by atoms with Crippen molar-refractivity contribution in [3.05, 3.63) is 24.5 Å². The molecule has 0 aromatic carbocycles. The average molecular weight is 232 g/mol. The minimum Gasteiger partial charge on any atom is -0.338 e. The van der Waals surface area contributed by atoms with Gasteiger partial charge in [0.05, 0.1) is 12.6 Å². The number of nitrogens with zero attached hydrogens (tertiary/aromatic N) is 4. The number of Topliss-reactive ketones (excluding diaryl/α,β-unsaturated/α-hetero) is 1. The highest BCUT2D eigenvalue weighted by atomic mass is 16.5. The quantitative estimate of drug-likeness (QED) is 0.775. The second-order valence-corrected chi connectivity index (χ2v) is 3.57. The van der Waals surface area contributed by atoms with Gasteiger partial charge >= 0.3 is 0 Å². The number of rotatable bonds is 5. The van der Waals surface area contributed by atoms with Gasteiger partial charge in [0, 0.05) is 18.8 Å². The molecule has 0 amide bonds. The van der Waals surface area contributed by atoms with Gasteiger partial charge in [-0.15, -0.1) is 0 Å². The van der Waals surface area contributed by atoms with Crippen molar-refractivity contribution in [3.63, 3.8) is 0 Å². The maximum atomic E-state index is 11.4. The molecular weight excluding hydrogens is 220 g/mol. The molecule has 0 saturated heterocycles. The molecule has 0 atom stereocenters. The average Bonchev–Trinajstić information content (AvgIpc) is 2.79. The minimum atomic E-state index is 0.0989. The van der Waals surface area contributed by atoms with Gasteiger partial charge in [0.2, 0.25) is 11.7 Å². The Balaban J connectivity index is 2.09. The van der Waals surface area contributed by atoms with Gasteiger partial charge in [-0.05, 0) is 6.42 Å². The van der Waals surface area contributed by atoms with Crippen LogP contribution in [0.25, 0.3) is 11.5 Å². The molecule has 2 aromatic rings. The van der Waals surface area contributed by atoms with Crippen LogP contribution in [0.4, 0.5) is 0 Å². The lowest BCUT2D eigenvalue weighted by Gasteiger charge is -1.92. The first-order valence-electron chi connectivity index (χ1n) is 5.40. The van der Waals surface area contributed by atoms with Crippen molar-refractivity contribution in [2.24, 2.45) is 0 Å². The first-order chi connectivity index (χ1) is 8.29. The molecule has 0 aliphatic carbocycles. The fraction of sp³-hybridized carbons (Fsp3) is 0.364. The lowest BCUT2D eigenvalue weighted by Crippen LogP contribution is -2.01. The van der Waals surface area contributed by atoms with Crippen LogP contribution in [0.1, 0.15) is 25.7 Å². The van der Waals surface area contributed by atoms with Crippen LogP contribution in [0.15, 0.2) is 23.1 Å². The highest BCUT2D eigenvalue weighted by Gasteiger charge is 2.12. The normalized spacial score (nSPS) is 10.4. The molecule has 0 N–H and O–H groups in total. The molecule has 2 heterocycles. The molecular formula is C11H12N4O2. The smallest absolute Gasteiger partial charge is 0.234 e. The molecule has 0 aliphatic heterocycles. The van der Waals surface area contributed by atoms with Crippen LogP contribution in [0.2, 0.25) is 0 Å². The Morgan fingerprint density at radius 1 is 1.41 bits per heavy atom. The van der Waals surface area contributed by atoms with Crippen molar-refractivity contribution in [2.45, 2.75) is 26.2 Å². The van der Waals surface area contributed by atoms with Crippen molar-refractivity contribution in [1.82, 2.24) is 20.1 Å². The fourth-order valence-corrected chi connectivity index (χ4v) is 1.38. The van der Waals surface area contributed by atoms with Crippen molar-refractivity contribution in [2.75, 3.05) is 0 Å². The first-order valence-corrected chi connectivity index (χ1v) is 5.40. The molecule has 6 heteroatoms. The summed E-state index contributed by atoms with van der Waals surface area (Å²) >= 11 is 0. The molecule has 2 aromatic heterocycles. The summed E-state index contributed by atoms with van der Waals surface area (Å²) in [6.07, 6.45) is 6.19. The second-order valence-electron chi connectivity index (χ2n) is 3.57. The summed E-state index contributed by atoms with van der Waals surface area (Å²) in [6, 6.07) is 0. The van der Waals surface area contributed by atoms with Crippen molar-refractivity contribution < 1.29 is 9.32 Å². The maximum absolute atomic E-state index is 11.4. The summed E-state index contributed by atoms with van der Waals surface area (Å²) in [5.41, 5.74) is 0.533. The fourth-order valence-electron chi connectivity index (χ4n) is 1.38. The maximum Gasteiger partial charge on any atom is 0.234 e. The van der Waals surface area contributed by atoms with Gasteiger partial charge in [-0.3, -0.25) is 9.78 Å². The van der Waals surface area contributed by atoms with E-state index in [0.717, 1.165) is 6.42 Å². The summed E-state index contributed by atoms with van der Waals surface area (Å²) in [7, 11) is 0. The van der Waals surface area contributed by atoms with E-state index < -0.39 is 0 Å². The van der Waals surface area contributed by atoms with E-state index in [4.69, 9.17) is 4.52 Å². The van der Waals surface area contributed by atoms with Crippen LogP contribution >= 0.6 is 0 Å². The lowest BCUT2D eigenvalue weighted by molar-refractivity contribution is -0.118. The second kappa shape index (κ2) is 5.29. The Morgan fingerprint density at radius 3 is 3.00 bits per heavy atom. The number of hydrogen-bond acceptors (Lipinski definition) is 6. The predicted octanol–water partition coefficient (Wildman–Crippen LogP) is 1.44. The molecule has 0 aliphatic rings. The van der Waals surface area contributed by atoms with Crippen LogP contribution in [0.5, 0.6) is 0 Å². The Kier molecular flexibility index (Phi) is 3.54. The van der Waals surface area contributed by atoms with E-state index in [1.54, 1.807) is 18.6 Å². The largest absolute Gasteiger partial charge is 0.338 e. The zero-order valence-electron chi connectivity index (χ0n) is 9.46. The third kappa shape index (κ3) is 2.93. The molecule has 0 radical (unpaired) electrons. The number of carbonyl (C=O) groups is 1. The van der Waals surface area contributed by atoms with Gasteiger partial charge in [-0.25, -0.2) is 4.98 Å². The van der Waals surface area contributed by atoms with E-state index in [9.17, 15) is 4.79 Å². The van der Waals surface area contributed by atoms with Crippen LogP contribution in [-0.2, 0) is 11.2 Å². The van der Waals surface area contributed by atoms with E-state index in [-0.39, 0.29) is 12.2 Å². The van der Waals surface area contributed by atoms with Crippen molar-refractivity contribution >= 4 is 5.78 Å². The van der Waals surface area contributed by atoms with Gasteiger partial charge in [0.15, 0.2) is 0 Å². The molecule has 88 valence electrons. The SMILES string of the molecule is CCCC(=O)Cc1nc(-c2cnccn2)no1. The Morgan fingerprint density at radius 2 is 2.29 bits per heavy atom. The summed E-state index contributed by atoms with van der Waals surface area (Å²) in [5.74, 6) is 0.781. The predicted molar refractivity (Wildman–Crippen MR) is 58.9 cm³/mol. The van der Waals surface area contributed by atoms with E-state index in [2.05, 4.69) is 20.1 Å². The molecule has 0 spiro atoms. The molecule has 0 bridgehead atoms. The van der Waals surface area contributed by atoms with Crippen LogP contribution < -0.4 is 0 Å². The van der Waals surface area contributed by atoms with Gasteiger partial charge < -0.3 is 4.52 Å². The number of hydrogen-bond donors (Lipinski definition) is 0. The van der Waals surface area contributed by atoms with Crippen LogP contribution in [0, 0.1) is 0 Å². The zero-order chi connectivity index (χ0) is 12.1. The molecule has 0 unspecified atom stereocenters. The minimum absolute atomic E-state index is 0.0989. The Bertz CT molecular complexity index is 495. The van der Waals surface area contributed by atoms with Gasteiger partial charge in [-0.1, -0.05) is 12.1 Å². The van der Waals surface area contributed by atoms with Gasteiger partial charge in [-0.2, -0.15) is 4.98 Å². The summed E-state index contributed by atoms with van der Waals surface area (Å²) in [4.78, 5) is 23.5. The Labute approximate surface area is 98.1 Å². The van der Waals surface area contributed by atoms with Crippen molar-refractivity contribution in [1.29, 1.82) is 0 Å². The molecule has 2 rings (SSSR count). The number of carbonyl (C=O) groups excluding carboxylic acids is 1. The van der Waals surface area contributed by atoms with Crippen molar-refractivity contribution in [3.8, 4) is 11.5 Å². The van der Waals surface area contributed by atoms with Gasteiger partial charge in [0.1, 0.15) is 11.5 Å². The van der Waals surface area contributed by atoms with E-state index >= 15 is 0 Å². The lowest BCUT2D eigenvalue weighted by atomic mass is 10.2. The standard InChI is InChI=1S/C11H12N4O2/c1-2-3-8(16)6-10-14-11(15-17-10)9-7-12-4-5-13-9/h4-5,7H,2-3,6H2,1H3. The summed E-state index contributed by atoms with van der Waals surface area (Å²) in [6.45, 7) is 1.96. The topological polar surface area (TPSA) is 81.8 Å². The van der Waals surface area contributed by atoms with Crippen LogP contribution in [0.3, 0.4) is 0 Å².